The SMILES string of the molecule is c1ccc(-c2ccccc2-c2ccccc2N(c2ccc(-c3ccc4oc5ccccc5c4c3)cc2)c2ccc3cc(-c4ccc5c(c4)C4(c6ccccc6-5)c5ccccc5-n5c6ccccc6c6cccc4c65)ccc3c2)cc1. The van der Waals surface area contributed by atoms with E-state index < -0.39 is 5.41 Å². The number of rotatable bonds is 7. The summed E-state index contributed by atoms with van der Waals surface area (Å²) in [5, 5.41) is 7.17. The second-order valence-corrected chi connectivity index (χ2v) is 21.5. The Morgan fingerprint density at radius 2 is 0.887 bits per heavy atom. The summed E-state index contributed by atoms with van der Waals surface area (Å²) in [5.41, 5.74) is 25.6. The predicted molar refractivity (Wildman–Crippen MR) is 333 cm³/mol. The number of para-hydroxylation sites is 5. The van der Waals surface area contributed by atoms with Gasteiger partial charge in [-0.15, -0.1) is 0 Å². The summed E-state index contributed by atoms with van der Waals surface area (Å²) >= 11 is 0. The van der Waals surface area contributed by atoms with Crippen LogP contribution < -0.4 is 4.90 Å². The van der Waals surface area contributed by atoms with Gasteiger partial charge >= 0.3 is 0 Å². The fraction of sp³-hybridized carbons (Fsp3) is 0.0130. The van der Waals surface area contributed by atoms with E-state index in [1.807, 2.05) is 12.1 Å². The van der Waals surface area contributed by atoms with Crippen LogP contribution in [0.1, 0.15) is 22.3 Å². The van der Waals surface area contributed by atoms with Gasteiger partial charge in [0.2, 0.25) is 0 Å². The Balaban J connectivity index is 0.805. The van der Waals surface area contributed by atoms with Gasteiger partial charge < -0.3 is 13.9 Å². The van der Waals surface area contributed by atoms with E-state index in [0.717, 1.165) is 55.7 Å². The quantitative estimate of drug-likeness (QED) is 0.159. The minimum atomic E-state index is -0.518. The Kier molecular flexibility index (Phi) is 9.63. The zero-order valence-electron chi connectivity index (χ0n) is 43.5. The Hall–Kier alpha value is -10.5. The van der Waals surface area contributed by atoms with Crippen molar-refractivity contribution in [3.05, 3.63) is 313 Å². The second kappa shape index (κ2) is 17.3. The highest BCUT2D eigenvalue weighted by molar-refractivity contribution is 6.13. The van der Waals surface area contributed by atoms with Crippen LogP contribution in [-0.4, -0.2) is 4.57 Å². The van der Waals surface area contributed by atoms with Crippen LogP contribution in [0.25, 0.3) is 116 Å². The normalized spacial score (nSPS) is 14.1. The van der Waals surface area contributed by atoms with Gasteiger partial charge in [-0.25, -0.2) is 0 Å². The first-order valence-corrected chi connectivity index (χ1v) is 27.6. The molecule has 80 heavy (non-hydrogen) atoms. The molecule has 17 rings (SSSR count). The second-order valence-electron chi connectivity index (χ2n) is 21.5. The number of hydrogen-bond donors (Lipinski definition) is 0. The number of benzene rings is 13. The van der Waals surface area contributed by atoms with Crippen LogP contribution in [0.4, 0.5) is 17.1 Å². The maximum Gasteiger partial charge on any atom is 0.135 e. The van der Waals surface area contributed by atoms with E-state index in [2.05, 4.69) is 289 Å². The molecule has 0 fully saturated rings. The highest BCUT2D eigenvalue weighted by Crippen LogP contribution is 2.61. The molecule has 372 valence electrons. The molecule has 13 aromatic carbocycles. The van der Waals surface area contributed by atoms with Gasteiger partial charge in [-0.3, -0.25) is 0 Å². The third-order valence-corrected chi connectivity index (χ3v) is 17.4. The van der Waals surface area contributed by atoms with Gasteiger partial charge in [0.1, 0.15) is 11.2 Å². The Bertz CT molecular complexity index is 5020. The van der Waals surface area contributed by atoms with E-state index in [0.29, 0.717) is 0 Å². The molecule has 15 aromatic rings. The standard InChI is InChI=1S/C77H48N2O/c1-2-17-50(18-3-1)58-19-4-5-20-59(58)62-22-7-12-29-71(62)78(56-40-35-49(36-41-56)54-39-44-75-66(47-54)64-24-9-15-32-74(64)80-75)57-42-37-52-45-51(33-34-53(52)46-57)55-38-43-61-60-21-6-10-26-67(60)77(70(61)48-55)68-27-11-14-31-73(68)79-72-30-13-8-23-63(72)65-25-16-28-69(77)76(65)79/h1-48H. The fourth-order valence-electron chi connectivity index (χ4n) is 13.9. The Labute approximate surface area is 463 Å². The van der Waals surface area contributed by atoms with Crippen molar-refractivity contribution < 1.29 is 4.42 Å². The molecule has 3 heteroatoms. The summed E-state index contributed by atoms with van der Waals surface area (Å²) in [6.45, 7) is 0. The van der Waals surface area contributed by atoms with Crippen molar-refractivity contribution in [2.75, 3.05) is 4.90 Å². The molecule has 3 heterocycles. The summed E-state index contributed by atoms with van der Waals surface area (Å²) in [6.07, 6.45) is 0. The highest BCUT2D eigenvalue weighted by atomic mass is 16.3. The van der Waals surface area contributed by atoms with Crippen molar-refractivity contribution in [3.63, 3.8) is 0 Å². The lowest BCUT2D eigenvalue weighted by Crippen LogP contribution is -2.33. The molecule has 3 nitrogen and oxygen atoms in total. The molecule has 1 unspecified atom stereocenters. The first kappa shape index (κ1) is 44.6. The number of furan rings is 1. The van der Waals surface area contributed by atoms with Gasteiger partial charge in [-0.1, -0.05) is 218 Å². The van der Waals surface area contributed by atoms with Crippen LogP contribution in [0, 0.1) is 0 Å². The van der Waals surface area contributed by atoms with Gasteiger partial charge in [0.15, 0.2) is 0 Å². The molecular formula is C77H48N2O. The molecule has 0 bridgehead atoms. The molecule has 2 aromatic heterocycles. The summed E-state index contributed by atoms with van der Waals surface area (Å²) < 4.78 is 8.73. The summed E-state index contributed by atoms with van der Waals surface area (Å²) in [4.78, 5) is 2.43. The topological polar surface area (TPSA) is 21.3 Å². The average Bonchev–Trinajstić information content (AvgIpc) is 4.34. The van der Waals surface area contributed by atoms with Crippen LogP contribution in [0.3, 0.4) is 0 Å². The molecule has 2 aliphatic rings. The van der Waals surface area contributed by atoms with Gasteiger partial charge in [-0.05, 0) is 156 Å². The maximum atomic E-state index is 6.21. The maximum absolute atomic E-state index is 6.21. The van der Waals surface area contributed by atoms with Crippen LogP contribution in [0.5, 0.6) is 0 Å². The molecule has 1 aliphatic carbocycles. The summed E-state index contributed by atoms with van der Waals surface area (Å²) in [7, 11) is 0. The van der Waals surface area contributed by atoms with Crippen molar-refractivity contribution >= 4 is 71.6 Å². The van der Waals surface area contributed by atoms with Crippen LogP contribution >= 0.6 is 0 Å². The van der Waals surface area contributed by atoms with E-state index in [1.54, 1.807) is 0 Å². The minimum absolute atomic E-state index is 0.518. The van der Waals surface area contributed by atoms with Crippen molar-refractivity contribution in [2.45, 2.75) is 5.41 Å². The zero-order chi connectivity index (χ0) is 52.5. The van der Waals surface area contributed by atoms with E-state index in [1.165, 1.54) is 99.5 Å². The third-order valence-electron chi connectivity index (χ3n) is 17.4. The predicted octanol–water partition coefficient (Wildman–Crippen LogP) is 20.7. The molecule has 1 atom stereocenters. The van der Waals surface area contributed by atoms with Crippen molar-refractivity contribution in [1.82, 2.24) is 4.57 Å². The lowest BCUT2D eigenvalue weighted by Gasteiger charge is -2.39. The highest BCUT2D eigenvalue weighted by Gasteiger charge is 2.51. The molecule has 0 saturated heterocycles. The molecular weight excluding hydrogens is 969 g/mol. The van der Waals surface area contributed by atoms with Gasteiger partial charge in [0.25, 0.3) is 0 Å². The van der Waals surface area contributed by atoms with Gasteiger partial charge in [0.05, 0.1) is 27.8 Å². The first-order chi connectivity index (χ1) is 39.7. The number of fused-ring (bicyclic) bond motifs is 16. The first-order valence-electron chi connectivity index (χ1n) is 27.6. The van der Waals surface area contributed by atoms with Crippen LogP contribution in [0.2, 0.25) is 0 Å². The molecule has 1 aliphatic heterocycles. The van der Waals surface area contributed by atoms with Crippen molar-refractivity contribution in [1.29, 1.82) is 0 Å². The monoisotopic (exact) mass is 1020 g/mol. The number of hydrogen-bond acceptors (Lipinski definition) is 2. The molecule has 0 radical (unpaired) electrons. The van der Waals surface area contributed by atoms with E-state index in [4.69, 9.17) is 4.42 Å². The lowest BCUT2D eigenvalue weighted by molar-refractivity contribution is 0.669. The third kappa shape index (κ3) is 6.43. The average molecular weight is 1020 g/mol. The van der Waals surface area contributed by atoms with Crippen LogP contribution in [-0.2, 0) is 5.41 Å². The van der Waals surface area contributed by atoms with E-state index in [9.17, 15) is 0 Å². The molecule has 0 amide bonds. The van der Waals surface area contributed by atoms with E-state index >= 15 is 0 Å². The van der Waals surface area contributed by atoms with Gasteiger partial charge in [-0.2, -0.15) is 0 Å². The number of anilines is 3. The molecule has 0 saturated carbocycles. The van der Waals surface area contributed by atoms with Crippen molar-refractivity contribution in [2.24, 2.45) is 0 Å². The van der Waals surface area contributed by atoms with Crippen molar-refractivity contribution in [3.8, 4) is 61.3 Å². The number of nitrogens with zero attached hydrogens (tertiary/aromatic N) is 2. The largest absolute Gasteiger partial charge is 0.456 e. The van der Waals surface area contributed by atoms with Gasteiger partial charge in [0, 0.05) is 38.5 Å². The zero-order valence-corrected chi connectivity index (χ0v) is 43.5. The fourth-order valence-corrected chi connectivity index (χ4v) is 13.9. The number of aromatic nitrogens is 1. The van der Waals surface area contributed by atoms with E-state index in [-0.39, 0.29) is 0 Å². The molecule has 0 N–H and O–H groups in total. The Morgan fingerprint density at radius 3 is 1.77 bits per heavy atom. The summed E-state index contributed by atoms with van der Waals surface area (Å²) in [5.74, 6) is 0. The minimum Gasteiger partial charge on any atom is -0.456 e. The Morgan fingerprint density at radius 1 is 0.300 bits per heavy atom. The smallest absolute Gasteiger partial charge is 0.135 e. The lowest BCUT2D eigenvalue weighted by atomic mass is 9.65. The molecule has 1 spiro atoms. The van der Waals surface area contributed by atoms with Crippen LogP contribution in [0.15, 0.2) is 296 Å². The summed E-state index contributed by atoms with van der Waals surface area (Å²) in [6, 6.07) is 108.